The summed E-state index contributed by atoms with van der Waals surface area (Å²) in [5.41, 5.74) is 0.799. The normalized spacial score (nSPS) is 22.2. The van der Waals surface area contributed by atoms with E-state index in [2.05, 4.69) is 26.2 Å². The first-order valence-electron chi connectivity index (χ1n) is 6.14. The van der Waals surface area contributed by atoms with Gasteiger partial charge in [-0.15, -0.1) is 0 Å². The molecule has 2 atom stereocenters. The highest BCUT2D eigenvalue weighted by atomic mass is 79.9. The highest BCUT2D eigenvalue weighted by Crippen LogP contribution is 2.31. The zero-order valence-electron chi connectivity index (χ0n) is 10.5. The van der Waals surface area contributed by atoms with Crippen molar-refractivity contribution >= 4 is 33.6 Å². The third-order valence-corrected chi connectivity index (χ3v) is 4.26. The number of aryl methyl sites for hydroxylation is 1. The number of carboxylic acids is 1. The highest BCUT2D eigenvalue weighted by Gasteiger charge is 2.33. The Labute approximate surface area is 119 Å². The topological polar surface area (TPSA) is 79.3 Å². The molecular weight excluding hydrogens is 312 g/mol. The molecule has 2 rings (SSSR count). The molecule has 1 saturated carbocycles. The van der Waals surface area contributed by atoms with Gasteiger partial charge in [0.25, 0.3) is 0 Å². The van der Waals surface area contributed by atoms with Gasteiger partial charge in [0.15, 0.2) is 0 Å². The van der Waals surface area contributed by atoms with Crippen LogP contribution in [0.15, 0.2) is 16.6 Å². The standard InChI is InChI=1S/C13H15BrN2O3/c1-7-10(14)4-5-11(15-7)16-12(17)8-2-3-9(6-8)13(18)19/h4-5,8-9H,2-3,6H2,1H3,(H,18,19)(H,15,16,17)/t8-,9+/m1/s1. The number of hydrogen-bond acceptors (Lipinski definition) is 3. The molecule has 1 aromatic rings. The molecule has 0 bridgehead atoms. The first kappa shape index (κ1) is 14.0. The zero-order chi connectivity index (χ0) is 14.0. The smallest absolute Gasteiger partial charge is 0.306 e. The maximum absolute atomic E-state index is 12.0. The van der Waals surface area contributed by atoms with E-state index >= 15 is 0 Å². The van der Waals surface area contributed by atoms with E-state index in [0.29, 0.717) is 25.1 Å². The van der Waals surface area contributed by atoms with Crippen molar-refractivity contribution < 1.29 is 14.7 Å². The van der Waals surface area contributed by atoms with Crippen LogP contribution in [-0.2, 0) is 9.59 Å². The molecule has 19 heavy (non-hydrogen) atoms. The van der Waals surface area contributed by atoms with E-state index in [9.17, 15) is 9.59 Å². The maximum atomic E-state index is 12.0. The molecule has 1 aliphatic rings. The Kier molecular flexibility index (Phi) is 4.19. The number of rotatable bonds is 3. The lowest BCUT2D eigenvalue weighted by Crippen LogP contribution is -2.22. The van der Waals surface area contributed by atoms with Gasteiger partial charge < -0.3 is 10.4 Å². The molecule has 0 spiro atoms. The number of carboxylic acid groups (broad SMARTS) is 1. The number of pyridine rings is 1. The van der Waals surface area contributed by atoms with E-state index in [-0.39, 0.29) is 11.8 Å². The molecule has 0 aliphatic heterocycles. The lowest BCUT2D eigenvalue weighted by molar-refractivity contribution is -0.141. The largest absolute Gasteiger partial charge is 0.481 e. The highest BCUT2D eigenvalue weighted by molar-refractivity contribution is 9.10. The molecule has 0 aromatic carbocycles. The number of anilines is 1. The average molecular weight is 327 g/mol. The number of aromatic nitrogens is 1. The molecular formula is C13H15BrN2O3. The predicted octanol–water partition coefficient (Wildman–Crippen LogP) is 2.59. The number of hydrogen-bond donors (Lipinski definition) is 2. The lowest BCUT2D eigenvalue weighted by atomic mass is 10.0. The van der Waals surface area contributed by atoms with Crippen molar-refractivity contribution in [1.29, 1.82) is 0 Å². The number of aliphatic carboxylic acids is 1. The minimum atomic E-state index is -0.812. The first-order chi connectivity index (χ1) is 8.97. The van der Waals surface area contributed by atoms with E-state index in [4.69, 9.17) is 5.11 Å². The summed E-state index contributed by atoms with van der Waals surface area (Å²) in [6.07, 6.45) is 1.61. The van der Waals surface area contributed by atoms with E-state index in [1.807, 2.05) is 13.0 Å². The van der Waals surface area contributed by atoms with Gasteiger partial charge >= 0.3 is 5.97 Å². The van der Waals surface area contributed by atoms with Crippen LogP contribution in [0.5, 0.6) is 0 Å². The fourth-order valence-electron chi connectivity index (χ4n) is 2.29. The summed E-state index contributed by atoms with van der Waals surface area (Å²) in [6.45, 7) is 1.84. The third-order valence-electron chi connectivity index (χ3n) is 3.43. The Morgan fingerprint density at radius 3 is 2.63 bits per heavy atom. The van der Waals surface area contributed by atoms with Gasteiger partial charge in [0.05, 0.1) is 11.6 Å². The minimum Gasteiger partial charge on any atom is -0.481 e. The van der Waals surface area contributed by atoms with Crippen LogP contribution in [0.1, 0.15) is 25.0 Å². The van der Waals surface area contributed by atoms with Gasteiger partial charge in [-0.25, -0.2) is 4.98 Å². The molecule has 0 saturated heterocycles. The van der Waals surface area contributed by atoms with Crippen molar-refractivity contribution in [2.45, 2.75) is 26.2 Å². The summed E-state index contributed by atoms with van der Waals surface area (Å²) in [5, 5.41) is 11.7. The van der Waals surface area contributed by atoms with E-state index in [0.717, 1.165) is 10.2 Å². The Hall–Kier alpha value is -1.43. The monoisotopic (exact) mass is 326 g/mol. The van der Waals surface area contributed by atoms with Crippen LogP contribution in [0.3, 0.4) is 0 Å². The van der Waals surface area contributed by atoms with Crippen LogP contribution in [0, 0.1) is 18.8 Å². The van der Waals surface area contributed by atoms with Gasteiger partial charge in [-0.3, -0.25) is 9.59 Å². The molecule has 1 aliphatic carbocycles. The molecule has 1 aromatic heterocycles. The second kappa shape index (κ2) is 5.69. The quantitative estimate of drug-likeness (QED) is 0.894. The Bertz CT molecular complexity index is 519. The van der Waals surface area contributed by atoms with Crippen molar-refractivity contribution in [1.82, 2.24) is 4.98 Å². The molecule has 6 heteroatoms. The summed E-state index contributed by atoms with van der Waals surface area (Å²) in [4.78, 5) is 27.1. The SMILES string of the molecule is Cc1nc(NC(=O)[C@@H]2CC[C@H](C(=O)O)C2)ccc1Br. The number of amides is 1. The number of nitrogens with one attached hydrogen (secondary N) is 1. The van der Waals surface area contributed by atoms with Crippen molar-refractivity contribution in [3.8, 4) is 0 Å². The van der Waals surface area contributed by atoms with Gasteiger partial charge in [0.1, 0.15) is 5.82 Å². The van der Waals surface area contributed by atoms with Crippen molar-refractivity contribution in [3.63, 3.8) is 0 Å². The van der Waals surface area contributed by atoms with E-state index in [1.165, 1.54) is 0 Å². The maximum Gasteiger partial charge on any atom is 0.306 e. The first-order valence-corrected chi connectivity index (χ1v) is 6.93. The summed E-state index contributed by atoms with van der Waals surface area (Å²) in [7, 11) is 0. The lowest BCUT2D eigenvalue weighted by Gasteiger charge is -2.11. The molecule has 5 nitrogen and oxygen atoms in total. The van der Waals surface area contributed by atoms with E-state index < -0.39 is 11.9 Å². The summed E-state index contributed by atoms with van der Waals surface area (Å²) >= 11 is 3.35. The third kappa shape index (κ3) is 3.32. The molecule has 0 unspecified atom stereocenters. The Morgan fingerprint density at radius 1 is 1.37 bits per heavy atom. The number of nitrogens with zero attached hydrogens (tertiary/aromatic N) is 1. The second-order valence-electron chi connectivity index (χ2n) is 4.80. The fraction of sp³-hybridized carbons (Fsp3) is 0.462. The second-order valence-corrected chi connectivity index (χ2v) is 5.65. The van der Waals surface area contributed by atoms with Gasteiger partial charge in [-0.1, -0.05) is 0 Å². The van der Waals surface area contributed by atoms with Crippen LogP contribution in [0.25, 0.3) is 0 Å². The number of carbonyl (C=O) groups excluding carboxylic acids is 1. The van der Waals surface area contributed by atoms with Crippen LogP contribution in [0.2, 0.25) is 0 Å². The van der Waals surface area contributed by atoms with Crippen molar-refractivity contribution in [2.24, 2.45) is 11.8 Å². The van der Waals surface area contributed by atoms with Gasteiger partial charge in [0.2, 0.25) is 5.91 Å². The molecule has 1 fully saturated rings. The van der Waals surface area contributed by atoms with Crippen molar-refractivity contribution in [2.75, 3.05) is 5.32 Å². The number of carbonyl (C=O) groups is 2. The van der Waals surface area contributed by atoms with Gasteiger partial charge in [0, 0.05) is 10.4 Å². The zero-order valence-corrected chi connectivity index (χ0v) is 12.1. The van der Waals surface area contributed by atoms with Crippen LogP contribution in [-0.4, -0.2) is 22.0 Å². The van der Waals surface area contributed by atoms with Crippen LogP contribution in [0.4, 0.5) is 5.82 Å². The summed E-state index contributed by atoms with van der Waals surface area (Å²) in [5.74, 6) is -1.07. The summed E-state index contributed by atoms with van der Waals surface area (Å²) in [6, 6.07) is 3.55. The molecule has 0 radical (unpaired) electrons. The average Bonchev–Trinajstić information content (AvgIpc) is 2.83. The molecule has 1 amide bonds. The van der Waals surface area contributed by atoms with Crippen LogP contribution >= 0.6 is 15.9 Å². The minimum absolute atomic E-state index is 0.141. The Morgan fingerprint density at radius 2 is 2.05 bits per heavy atom. The van der Waals surface area contributed by atoms with E-state index in [1.54, 1.807) is 6.07 Å². The number of halogens is 1. The van der Waals surface area contributed by atoms with Gasteiger partial charge in [-0.05, 0) is 54.2 Å². The van der Waals surface area contributed by atoms with Crippen LogP contribution < -0.4 is 5.32 Å². The predicted molar refractivity (Wildman–Crippen MR) is 73.8 cm³/mol. The molecule has 102 valence electrons. The molecule has 2 N–H and O–H groups in total. The Balaban J connectivity index is 1.98. The molecule has 1 heterocycles. The van der Waals surface area contributed by atoms with Gasteiger partial charge in [-0.2, -0.15) is 0 Å². The fourth-order valence-corrected chi connectivity index (χ4v) is 2.51. The van der Waals surface area contributed by atoms with Crippen molar-refractivity contribution in [3.05, 3.63) is 22.3 Å². The summed E-state index contributed by atoms with van der Waals surface area (Å²) < 4.78 is 0.886.